The highest BCUT2D eigenvalue weighted by Crippen LogP contribution is 2.35. The molecule has 0 spiro atoms. The first-order chi connectivity index (χ1) is 12.3. The molecule has 0 saturated heterocycles. The van der Waals surface area contributed by atoms with Crippen molar-refractivity contribution in [2.24, 2.45) is 5.92 Å². The van der Waals surface area contributed by atoms with E-state index >= 15 is 0 Å². The fourth-order valence-electron chi connectivity index (χ4n) is 3.72. The van der Waals surface area contributed by atoms with Crippen LogP contribution in [0.1, 0.15) is 45.4 Å². The number of sulfonamides is 1. The number of nitrogens with zero attached hydrogens (tertiary/aromatic N) is 2. The molecule has 0 aromatic heterocycles. The summed E-state index contributed by atoms with van der Waals surface area (Å²) in [4.78, 5) is 15.1. The third-order valence-corrected chi connectivity index (χ3v) is 7.56. The van der Waals surface area contributed by atoms with Crippen LogP contribution >= 0.6 is 11.6 Å². The van der Waals surface area contributed by atoms with Gasteiger partial charge in [-0.25, -0.2) is 8.42 Å². The minimum atomic E-state index is -3.70. The molecule has 0 heterocycles. The maximum atomic E-state index is 12.9. The Morgan fingerprint density at radius 1 is 1.04 bits per heavy atom. The van der Waals surface area contributed by atoms with Crippen molar-refractivity contribution in [3.63, 3.8) is 0 Å². The van der Waals surface area contributed by atoms with Crippen LogP contribution in [-0.2, 0) is 14.8 Å². The van der Waals surface area contributed by atoms with Gasteiger partial charge in [-0.15, -0.1) is 0 Å². The lowest BCUT2D eigenvalue weighted by molar-refractivity contribution is -0.135. The van der Waals surface area contributed by atoms with Crippen LogP contribution in [-0.4, -0.2) is 49.2 Å². The minimum Gasteiger partial charge on any atom is -0.336 e. The van der Waals surface area contributed by atoms with Crippen LogP contribution in [0.3, 0.4) is 0 Å². The smallest absolute Gasteiger partial charge is 0.243 e. The second-order valence-electron chi connectivity index (χ2n) is 7.66. The lowest BCUT2D eigenvalue weighted by atomic mass is 9.86. The number of amides is 1. The molecule has 26 heavy (non-hydrogen) atoms. The molecule has 0 atom stereocenters. The molecule has 2 fully saturated rings. The largest absolute Gasteiger partial charge is 0.336 e. The molecule has 1 amide bonds. The van der Waals surface area contributed by atoms with Crippen molar-refractivity contribution in [3.8, 4) is 0 Å². The van der Waals surface area contributed by atoms with Gasteiger partial charge >= 0.3 is 0 Å². The molecule has 3 rings (SSSR count). The SMILES string of the molecule is CC1CCC(N(C(=O)CN(C)S(=O)(=O)c2ccc(Cl)cc2)C2CC2)CC1. The van der Waals surface area contributed by atoms with Gasteiger partial charge in [0.2, 0.25) is 15.9 Å². The Labute approximate surface area is 161 Å². The Morgan fingerprint density at radius 2 is 1.54 bits per heavy atom. The van der Waals surface area contributed by atoms with Crippen molar-refractivity contribution >= 4 is 27.5 Å². The summed E-state index contributed by atoms with van der Waals surface area (Å²) in [6, 6.07) is 6.60. The lowest BCUT2D eigenvalue weighted by Crippen LogP contribution is -2.48. The molecule has 0 unspecified atom stereocenters. The first-order valence-corrected chi connectivity index (χ1v) is 11.1. The second kappa shape index (κ2) is 7.87. The summed E-state index contributed by atoms with van der Waals surface area (Å²) in [5.74, 6) is 0.641. The zero-order valence-electron chi connectivity index (χ0n) is 15.4. The van der Waals surface area contributed by atoms with E-state index in [1.807, 2.05) is 4.90 Å². The van der Waals surface area contributed by atoms with Crippen LogP contribution < -0.4 is 0 Å². The Bertz CT molecular complexity index is 739. The van der Waals surface area contributed by atoms with Crippen LogP contribution in [0, 0.1) is 5.92 Å². The van der Waals surface area contributed by atoms with E-state index in [2.05, 4.69) is 6.92 Å². The summed E-state index contributed by atoms with van der Waals surface area (Å²) < 4.78 is 26.6. The number of hydrogen-bond donors (Lipinski definition) is 0. The Morgan fingerprint density at radius 3 is 2.04 bits per heavy atom. The number of carbonyl (C=O) groups excluding carboxylic acids is 1. The number of hydrogen-bond acceptors (Lipinski definition) is 3. The van der Waals surface area contributed by atoms with Crippen LogP contribution in [0.15, 0.2) is 29.2 Å². The maximum Gasteiger partial charge on any atom is 0.243 e. The molecule has 5 nitrogen and oxygen atoms in total. The predicted molar refractivity (Wildman–Crippen MR) is 103 cm³/mol. The molecule has 144 valence electrons. The number of benzene rings is 1. The van der Waals surface area contributed by atoms with Gasteiger partial charge in [0.15, 0.2) is 0 Å². The number of halogens is 1. The molecule has 1 aromatic carbocycles. The summed E-state index contributed by atoms with van der Waals surface area (Å²) in [6.07, 6.45) is 6.39. The highest BCUT2D eigenvalue weighted by molar-refractivity contribution is 7.89. The monoisotopic (exact) mass is 398 g/mol. The van der Waals surface area contributed by atoms with E-state index in [1.165, 1.54) is 19.2 Å². The third-order valence-electron chi connectivity index (χ3n) is 5.49. The Hall–Kier alpha value is -1.11. The molecule has 0 radical (unpaired) electrons. The summed E-state index contributed by atoms with van der Waals surface area (Å²) in [5.41, 5.74) is 0. The van der Waals surface area contributed by atoms with Crippen molar-refractivity contribution in [2.75, 3.05) is 13.6 Å². The molecule has 0 bridgehead atoms. The molecular weight excluding hydrogens is 372 g/mol. The standard InChI is InChI=1S/C19H27ClN2O3S/c1-14-3-7-16(8-4-14)22(17-9-10-17)19(23)13-21(2)26(24,25)18-11-5-15(20)6-12-18/h5-6,11-12,14,16-17H,3-4,7-10,13H2,1-2H3. The summed E-state index contributed by atoms with van der Waals surface area (Å²) in [7, 11) is -2.23. The first-order valence-electron chi connectivity index (χ1n) is 9.32. The molecule has 2 saturated carbocycles. The number of rotatable bonds is 6. The molecule has 2 aliphatic carbocycles. The number of likely N-dealkylation sites (N-methyl/N-ethyl adjacent to an activating group) is 1. The van der Waals surface area contributed by atoms with Gasteiger partial charge in [-0.2, -0.15) is 4.31 Å². The van der Waals surface area contributed by atoms with Gasteiger partial charge in [-0.1, -0.05) is 18.5 Å². The zero-order valence-corrected chi connectivity index (χ0v) is 17.0. The van der Waals surface area contributed by atoms with Crippen molar-refractivity contribution in [1.29, 1.82) is 0 Å². The molecule has 7 heteroatoms. The first kappa shape index (κ1) is 19.6. The topological polar surface area (TPSA) is 57.7 Å². The van der Waals surface area contributed by atoms with Crippen molar-refractivity contribution in [2.45, 2.75) is 62.4 Å². The van der Waals surface area contributed by atoms with E-state index < -0.39 is 10.0 Å². The van der Waals surface area contributed by atoms with Crippen molar-refractivity contribution < 1.29 is 13.2 Å². The number of carbonyl (C=O) groups is 1. The van der Waals surface area contributed by atoms with E-state index in [1.54, 1.807) is 12.1 Å². The second-order valence-corrected chi connectivity index (χ2v) is 10.1. The fraction of sp³-hybridized carbons (Fsp3) is 0.632. The van der Waals surface area contributed by atoms with E-state index in [4.69, 9.17) is 11.6 Å². The van der Waals surface area contributed by atoms with Gasteiger partial charge in [0.1, 0.15) is 0 Å². The average Bonchev–Trinajstić information content (AvgIpc) is 3.42. The van der Waals surface area contributed by atoms with E-state index in [-0.39, 0.29) is 23.4 Å². The molecule has 0 aliphatic heterocycles. The van der Waals surface area contributed by atoms with Gasteiger partial charge < -0.3 is 4.90 Å². The van der Waals surface area contributed by atoms with Crippen LogP contribution in [0.25, 0.3) is 0 Å². The lowest BCUT2D eigenvalue weighted by Gasteiger charge is -2.37. The van der Waals surface area contributed by atoms with Gasteiger partial charge in [0.25, 0.3) is 0 Å². The molecule has 2 aliphatic rings. The highest BCUT2D eigenvalue weighted by atomic mass is 35.5. The van der Waals surface area contributed by atoms with E-state index in [0.29, 0.717) is 11.1 Å². The summed E-state index contributed by atoms with van der Waals surface area (Å²) in [5, 5.41) is 0.481. The van der Waals surface area contributed by atoms with Crippen LogP contribution in [0.2, 0.25) is 5.02 Å². The zero-order chi connectivity index (χ0) is 18.9. The minimum absolute atomic E-state index is 0.0768. The Balaban J connectivity index is 1.69. The van der Waals surface area contributed by atoms with Gasteiger partial charge in [-0.05, 0) is 68.7 Å². The van der Waals surface area contributed by atoms with E-state index in [9.17, 15) is 13.2 Å². The predicted octanol–water partition coefficient (Wildman–Crippen LogP) is 3.53. The third kappa shape index (κ3) is 4.41. The van der Waals surface area contributed by atoms with Crippen LogP contribution in [0.4, 0.5) is 0 Å². The van der Waals surface area contributed by atoms with E-state index in [0.717, 1.165) is 48.7 Å². The maximum absolute atomic E-state index is 12.9. The average molecular weight is 399 g/mol. The molecular formula is C19H27ClN2O3S. The van der Waals surface area contributed by atoms with Gasteiger partial charge in [0, 0.05) is 24.2 Å². The summed E-state index contributed by atoms with van der Waals surface area (Å²) in [6.45, 7) is 2.14. The van der Waals surface area contributed by atoms with Crippen molar-refractivity contribution in [1.82, 2.24) is 9.21 Å². The highest BCUT2D eigenvalue weighted by Gasteiger charge is 2.39. The molecule has 0 N–H and O–H groups in total. The van der Waals surface area contributed by atoms with Crippen LogP contribution in [0.5, 0.6) is 0 Å². The summed E-state index contributed by atoms with van der Waals surface area (Å²) >= 11 is 5.84. The molecule has 1 aromatic rings. The fourth-order valence-corrected chi connectivity index (χ4v) is 4.97. The quantitative estimate of drug-likeness (QED) is 0.736. The van der Waals surface area contributed by atoms with Gasteiger partial charge in [0.05, 0.1) is 11.4 Å². The normalized spacial score (nSPS) is 23.8. The van der Waals surface area contributed by atoms with Gasteiger partial charge in [-0.3, -0.25) is 4.79 Å². The Kier molecular flexibility index (Phi) is 5.94. The van der Waals surface area contributed by atoms with Crippen molar-refractivity contribution in [3.05, 3.63) is 29.3 Å².